The van der Waals surface area contributed by atoms with Gasteiger partial charge >= 0.3 is 5.97 Å². The molecule has 0 aromatic carbocycles. The lowest BCUT2D eigenvalue weighted by atomic mass is 10.2. The van der Waals surface area contributed by atoms with Crippen LogP contribution in [0.15, 0.2) is 24.5 Å². The lowest BCUT2D eigenvalue weighted by Crippen LogP contribution is -2.12. The lowest BCUT2D eigenvalue weighted by Gasteiger charge is -2.03. The van der Waals surface area contributed by atoms with Crippen molar-refractivity contribution in [1.29, 1.82) is 0 Å². The molecule has 0 bridgehead atoms. The molecule has 92 valence electrons. The molecule has 0 aliphatic rings. The zero-order chi connectivity index (χ0) is 13.3. The zero-order valence-electron chi connectivity index (χ0n) is 8.87. The number of carbonyl (C=O) groups is 2. The maximum atomic E-state index is 10.9. The van der Waals surface area contributed by atoms with Crippen molar-refractivity contribution < 1.29 is 14.7 Å². The van der Waals surface area contributed by atoms with Crippen LogP contribution in [-0.2, 0) is 0 Å². The minimum Gasteiger partial charge on any atom is -0.478 e. The van der Waals surface area contributed by atoms with E-state index < -0.39 is 11.9 Å². The molecule has 0 radical (unpaired) electrons. The number of primary amides is 1. The Morgan fingerprint density at radius 2 is 2.17 bits per heavy atom. The minimum absolute atomic E-state index is 0.0218. The van der Waals surface area contributed by atoms with Crippen molar-refractivity contribution in [2.45, 2.75) is 0 Å². The topological polar surface area (TPSA) is 111 Å². The quantitative estimate of drug-likeness (QED) is 0.850. The Morgan fingerprint density at radius 3 is 2.72 bits per heavy atom. The van der Waals surface area contributed by atoms with Gasteiger partial charge in [0.1, 0.15) is 5.69 Å². The maximum Gasteiger partial charge on any atom is 0.337 e. The first-order valence-electron chi connectivity index (χ1n) is 4.73. The Balaban J connectivity index is 2.47. The summed E-state index contributed by atoms with van der Waals surface area (Å²) in [7, 11) is 0. The molecule has 0 unspecified atom stereocenters. The third-order valence-electron chi connectivity index (χ3n) is 2.15. The van der Waals surface area contributed by atoms with Crippen molar-refractivity contribution in [2.75, 3.05) is 0 Å². The fourth-order valence-electron chi connectivity index (χ4n) is 1.30. The number of hydrogen-bond donors (Lipinski definition) is 2. The van der Waals surface area contributed by atoms with Gasteiger partial charge in [-0.1, -0.05) is 11.6 Å². The number of carbonyl (C=O) groups excluding carboxylic acids is 1. The molecule has 0 atom stereocenters. The van der Waals surface area contributed by atoms with Gasteiger partial charge < -0.3 is 10.8 Å². The average Bonchev–Trinajstić information content (AvgIpc) is 2.78. The van der Waals surface area contributed by atoms with E-state index >= 15 is 0 Å². The smallest absolute Gasteiger partial charge is 0.337 e. The molecule has 2 aromatic rings. The standard InChI is InChI=1S/C10H7ClN4O3/c11-6-4-13-8(3-5(6)10(17)18)15-2-1-7(14-15)9(12)16/h1-4H,(H2,12,16)(H,17,18). The van der Waals surface area contributed by atoms with E-state index in [1.165, 1.54) is 29.2 Å². The van der Waals surface area contributed by atoms with Crippen molar-refractivity contribution in [2.24, 2.45) is 5.73 Å². The molecule has 0 saturated carbocycles. The first kappa shape index (κ1) is 12.1. The summed E-state index contributed by atoms with van der Waals surface area (Å²) in [4.78, 5) is 25.7. The summed E-state index contributed by atoms with van der Waals surface area (Å²) in [5, 5.41) is 12.8. The molecule has 8 heteroatoms. The summed E-state index contributed by atoms with van der Waals surface area (Å²) in [6, 6.07) is 2.65. The molecule has 18 heavy (non-hydrogen) atoms. The Kier molecular flexibility index (Phi) is 2.99. The molecule has 2 heterocycles. The van der Waals surface area contributed by atoms with Gasteiger partial charge in [0.15, 0.2) is 5.82 Å². The van der Waals surface area contributed by atoms with Crippen LogP contribution in [0, 0.1) is 0 Å². The van der Waals surface area contributed by atoms with E-state index in [0.29, 0.717) is 0 Å². The molecule has 2 rings (SSSR count). The SMILES string of the molecule is NC(=O)c1ccn(-c2cc(C(=O)O)c(Cl)cn2)n1. The number of rotatable bonds is 3. The molecule has 3 N–H and O–H groups in total. The normalized spacial score (nSPS) is 10.3. The van der Waals surface area contributed by atoms with Gasteiger partial charge in [0.05, 0.1) is 10.6 Å². The van der Waals surface area contributed by atoms with Crippen molar-refractivity contribution in [3.8, 4) is 5.82 Å². The summed E-state index contributed by atoms with van der Waals surface area (Å²) in [6.45, 7) is 0. The number of amides is 1. The molecule has 0 saturated heterocycles. The molecule has 1 amide bonds. The second kappa shape index (κ2) is 4.46. The number of carboxylic acid groups (broad SMARTS) is 1. The summed E-state index contributed by atoms with van der Waals surface area (Å²) in [6.07, 6.45) is 2.65. The molecule has 0 aliphatic heterocycles. The highest BCUT2D eigenvalue weighted by Crippen LogP contribution is 2.17. The second-order valence-corrected chi connectivity index (χ2v) is 3.74. The second-order valence-electron chi connectivity index (χ2n) is 3.34. The van der Waals surface area contributed by atoms with Crippen LogP contribution >= 0.6 is 11.6 Å². The summed E-state index contributed by atoms with van der Waals surface area (Å²) < 4.78 is 1.24. The lowest BCUT2D eigenvalue weighted by molar-refractivity contribution is 0.0696. The molecule has 7 nitrogen and oxygen atoms in total. The number of nitrogens with zero attached hydrogens (tertiary/aromatic N) is 3. The predicted octanol–water partition coefficient (Wildman–Crippen LogP) is 0.718. The van der Waals surface area contributed by atoms with Crippen LogP contribution in [0.4, 0.5) is 0 Å². The molecule has 0 spiro atoms. The minimum atomic E-state index is -1.18. The van der Waals surface area contributed by atoms with Crippen LogP contribution in [0.5, 0.6) is 0 Å². The van der Waals surface area contributed by atoms with Gasteiger partial charge in [0, 0.05) is 12.4 Å². The monoisotopic (exact) mass is 266 g/mol. The summed E-state index contributed by atoms with van der Waals surface area (Å²) in [5.41, 5.74) is 5.02. The Hall–Kier alpha value is -2.41. The van der Waals surface area contributed by atoms with Gasteiger partial charge in [-0.25, -0.2) is 14.5 Å². The van der Waals surface area contributed by atoms with Crippen LogP contribution in [-0.4, -0.2) is 31.7 Å². The summed E-state index contributed by atoms with van der Waals surface area (Å²) in [5.74, 6) is -1.63. The highest BCUT2D eigenvalue weighted by atomic mass is 35.5. The van der Waals surface area contributed by atoms with Gasteiger partial charge in [-0.2, -0.15) is 5.10 Å². The highest BCUT2D eigenvalue weighted by molar-refractivity contribution is 6.33. The van der Waals surface area contributed by atoms with Crippen molar-refractivity contribution in [1.82, 2.24) is 14.8 Å². The fourth-order valence-corrected chi connectivity index (χ4v) is 1.48. The van der Waals surface area contributed by atoms with E-state index in [1.54, 1.807) is 0 Å². The number of carboxylic acids is 1. The fraction of sp³-hybridized carbons (Fsp3) is 0. The number of aromatic nitrogens is 3. The van der Waals surface area contributed by atoms with Gasteiger partial charge in [-0.3, -0.25) is 4.79 Å². The Morgan fingerprint density at radius 1 is 1.44 bits per heavy atom. The van der Waals surface area contributed by atoms with E-state index in [-0.39, 0.29) is 22.1 Å². The Bertz CT molecular complexity index is 638. The largest absolute Gasteiger partial charge is 0.478 e. The number of nitrogens with two attached hydrogens (primary N) is 1. The van der Waals surface area contributed by atoms with Crippen molar-refractivity contribution >= 4 is 23.5 Å². The van der Waals surface area contributed by atoms with E-state index in [4.69, 9.17) is 22.4 Å². The van der Waals surface area contributed by atoms with Gasteiger partial charge in [-0.05, 0) is 12.1 Å². The highest BCUT2D eigenvalue weighted by Gasteiger charge is 2.13. The molecule has 0 aliphatic carbocycles. The number of halogens is 1. The van der Waals surface area contributed by atoms with E-state index in [9.17, 15) is 9.59 Å². The predicted molar refractivity (Wildman–Crippen MR) is 61.8 cm³/mol. The maximum absolute atomic E-state index is 10.9. The van der Waals surface area contributed by atoms with Crippen molar-refractivity contribution in [3.63, 3.8) is 0 Å². The van der Waals surface area contributed by atoms with Crippen LogP contribution < -0.4 is 5.73 Å². The zero-order valence-corrected chi connectivity index (χ0v) is 9.63. The third-order valence-corrected chi connectivity index (χ3v) is 2.45. The van der Waals surface area contributed by atoms with E-state index in [0.717, 1.165) is 0 Å². The van der Waals surface area contributed by atoms with E-state index in [2.05, 4.69) is 10.1 Å². The number of aromatic carboxylic acids is 1. The molecular formula is C10H7ClN4O3. The van der Waals surface area contributed by atoms with Crippen LogP contribution in [0.1, 0.15) is 20.8 Å². The summed E-state index contributed by atoms with van der Waals surface area (Å²) >= 11 is 5.69. The Labute approximate surface area is 106 Å². The van der Waals surface area contributed by atoms with Crippen LogP contribution in [0.25, 0.3) is 5.82 Å². The molecular weight excluding hydrogens is 260 g/mol. The first-order chi connectivity index (χ1) is 8.49. The van der Waals surface area contributed by atoms with Gasteiger partial charge in [0.2, 0.25) is 0 Å². The van der Waals surface area contributed by atoms with Crippen molar-refractivity contribution in [3.05, 3.63) is 40.8 Å². The van der Waals surface area contributed by atoms with Crippen LogP contribution in [0.3, 0.4) is 0 Å². The molecule has 2 aromatic heterocycles. The number of hydrogen-bond acceptors (Lipinski definition) is 4. The average molecular weight is 267 g/mol. The number of pyridine rings is 1. The van der Waals surface area contributed by atoms with Gasteiger partial charge in [0.25, 0.3) is 5.91 Å². The molecule has 0 fully saturated rings. The third kappa shape index (κ3) is 2.16. The van der Waals surface area contributed by atoms with Gasteiger partial charge in [-0.15, -0.1) is 0 Å². The first-order valence-corrected chi connectivity index (χ1v) is 5.11. The van der Waals surface area contributed by atoms with E-state index in [1.807, 2.05) is 0 Å². The van der Waals surface area contributed by atoms with Crippen LogP contribution in [0.2, 0.25) is 5.02 Å².